The van der Waals surface area contributed by atoms with E-state index in [2.05, 4.69) is 4.74 Å². The second kappa shape index (κ2) is 9.99. The van der Waals surface area contributed by atoms with Crippen molar-refractivity contribution in [3.05, 3.63) is 47.3 Å². The molecule has 0 bridgehead atoms. The van der Waals surface area contributed by atoms with Crippen LogP contribution in [0.2, 0.25) is 0 Å². The first-order valence-corrected chi connectivity index (χ1v) is 12.4. The van der Waals surface area contributed by atoms with Crippen molar-refractivity contribution in [3.63, 3.8) is 0 Å². The summed E-state index contributed by atoms with van der Waals surface area (Å²) >= 11 is 1.20. The Labute approximate surface area is 186 Å². The summed E-state index contributed by atoms with van der Waals surface area (Å²) in [5.74, 6) is -0.195. The Morgan fingerprint density at radius 2 is 1.84 bits per heavy atom. The van der Waals surface area contributed by atoms with Crippen LogP contribution in [-0.2, 0) is 24.3 Å². The average Bonchev–Trinajstić information content (AvgIpc) is 3.08. The molecule has 0 radical (unpaired) electrons. The fourth-order valence-corrected chi connectivity index (χ4v) is 5.70. The molecule has 0 saturated carbocycles. The zero-order chi connectivity index (χ0) is 22.6. The summed E-state index contributed by atoms with van der Waals surface area (Å²) in [5.41, 5.74) is 2.77. The second-order valence-corrected chi connectivity index (χ2v) is 10.0. The van der Waals surface area contributed by atoms with Crippen molar-refractivity contribution in [3.8, 4) is 5.69 Å². The number of hydrogen-bond acceptors (Lipinski definition) is 7. The minimum atomic E-state index is -3.62. The van der Waals surface area contributed by atoms with Crippen LogP contribution < -0.4 is 0 Å². The van der Waals surface area contributed by atoms with Crippen molar-refractivity contribution in [1.82, 2.24) is 8.87 Å². The number of rotatable bonds is 8. The molecule has 0 atom stereocenters. The maximum absolute atomic E-state index is 13.0. The van der Waals surface area contributed by atoms with Crippen molar-refractivity contribution < 1.29 is 27.5 Å². The minimum Gasteiger partial charge on any atom is -0.468 e. The molecule has 1 aliphatic rings. The van der Waals surface area contributed by atoms with Crippen molar-refractivity contribution in [2.75, 3.05) is 44.9 Å². The maximum Gasteiger partial charge on any atom is 0.315 e. The number of benzene rings is 1. The lowest BCUT2D eigenvalue weighted by atomic mass is 10.2. The number of sulfonamides is 1. The molecule has 0 N–H and O–H groups in total. The molecule has 2 heterocycles. The number of methoxy groups -OCH3 is 1. The summed E-state index contributed by atoms with van der Waals surface area (Å²) < 4.78 is 39.2. The highest BCUT2D eigenvalue weighted by molar-refractivity contribution is 8.00. The predicted octanol–water partition coefficient (Wildman–Crippen LogP) is 2.20. The van der Waals surface area contributed by atoms with Crippen LogP contribution in [0.3, 0.4) is 0 Å². The van der Waals surface area contributed by atoms with E-state index < -0.39 is 10.0 Å². The Balaban J connectivity index is 1.86. The van der Waals surface area contributed by atoms with Crippen LogP contribution in [0, 0.1) is 13.8 Å². The van der Waals surface area contributed by atoms with Gasteiger partial charge in [-0.25, -0.2) is 8.42 Å². The number of ketones is 1. The Hall–Kier alpha value is -2.14. The van der Waals surface area contributed by atoms with E-state index in [1.54, 1.807) is 24.3 Å². The number of carbonyl (C=O) groups excluding carboxylic acids is 2. The minimum absolute atomic E-state index is 0.0923. The van der Waals surface area contributed by atoms with E-state index in [0.29, 0.717) is 37.6 Å². The Morgan fingerprint density at radius 3 is 2.52 bits per heavy atom. The number of esters is 1. The largest absolute Gasteiger partial charge is 0.468 e. The van der Waals surface area contributed by atoms with Crippen molar-refractivity contribution in [2.24, 2.45) is 0 Å². The van der Waals surface area contributed by atoms with Crippen LogP contribution in [0.1, 0.15) is 21.7 Å². The molecule has 0 amide bonds. The maximum atomic E-state index is 13.0. The molecule has 0 aliphatic carbocycles. The first kappa shape index (κ1) is 23.5. The van der Waals surface area contributed by atoms with Gasteiger partial charge in [0, 0.05) is 35.7 Å². The number of nitrogens with zero attached hydrogens (tertiary/aromatic N) is 2. The Bertz CT molecular complexity index is 1070. The molecule has 0 spiro atoms. The zero-order valence-corrected chi connectivity index (χ0v) is 19.4. The third kappa shape index (κ3) is 5.20. The van der Waals surface area contributed by atoms with Gasteiger partial charge in [-0.3, -0.25) is 9.59 Å². The van der Waals surface area contributed by atoms with Crippen LogP contribution >= 0.6 is 11.8 Å². The predicted molar refractivity (Wildman–Crippen MR) is 118 cm³/mol. The van der Waals surface area contributed by atoms with E-state index in [1.165, 1.54) is 23.2 Å². The molecule has 168 valence electrons. The zero-order valence-electron chi connectivity index (χ0n) is 17.8. The molecule has 1 aromatic heterocycles. The number of ether oxygens (including phenoxy) is 2. The molecular formula is C21H26N2O6S2. The van der Waals surface area contributed by atoms with E-state index in [-0.39, 0.29) is 28.2 Å². The Kier molecular flexibility index (Phi) is 7.58. The molecular weight excluding hydrogens is 440 g/mol. The van der Waals surface area contributed by atoms with Gasteiger partial charge in [-0.05, 0) is 38.1 Å². The average molecular weight is 467 g/mol. The van der Waals surface area contributed by atoms with Gasteiger partial charge in [0.15, 0.2) is 5.78 Å². The normalized spacial score (nSPS) is 15.1. The summed E-state index contributed by atoms with van der Waals surface area (Å²) in [5, 5.41) is 0. The first-order valence-electron chi connectivity index (χ1n) is 9.80. The van der Waals surface area contributed by atoms with Gasteiger partial charge < -0.3 is 14.0 Å². The molecule has 0 unspecified atom stereocenters. The highest BCUT2D eigenvalue weighted by Crippen LogP contribution is 2.25. The number of carbonyl (C=O) groups is 2. The first-order chi connectivity index (χ1) is 14.8. The van der Waals surface area contributed by atoms with Crippen LogP contribution in [0.25, 0.3) is 5.69 Å². The fraction of sp³-hybridized carbons (Fsp3) is 0.429. The number of morpholine rings is 1. The monoisotopic (exact) mass is 466 g/mol. The molecule has 1 aromatic carbocycles. The summed E-state index contributed by atoms with van der Waals surface area (Å²) in [6.07, 6.45) is 0. The van der Waals surface area contributed by atoms with E-state index in [0.717, 1.165) is 11.4 Å². The molecule has 1 saturated heterocycles. The second-order valence-electron chi connectivity index (χ2n) is 7.13. The third-order valence-electron chi connectivity index (χ3n) is 5.10. The lowest BCUT2D eigenvalue weighted by Crippen LogP contribution is -2.40. The summed E-state index contributed by atoms with van der Waals surface area (Å²) in [4.78, 5) is 24.1. The molecule has 1 fully saturated rings. The summed E-state index contributed by atoms with van der Waals surface area (Å²) in [7, 11) is -2.31. The summed E-state index contributed by atoms with van der Waals surface area (Å²) in [6, 6.07) is 8.52. The van der Waals surface area contributed by atoms with Gasteiger partial charge in [0.05, 0.1) is 36.7 Å². The fourth-order valence-electron chi connectivity index (χ4n) is 3.53. The molecule has 3 rings (SSSR count). The number of aromatic nitrogens is 1. The highest BCUT2D eigenvalue weighted by Gasteiger charge is 2.27. The van der Waals surface area contributed by atoms with Crippen molar-refractivity contribution >= 4 is 33.5 Å². The van der Waals surface area contributed by atoms with E-state index in [4.69, 9.17) is 4.74 Å². The lowest BCUT2D eigenvalue weighted by Gasteiger charge is -2.26. The van der Waals surface area contributed by atoms with Crippen LogP contribution in [-0.4, -0.2) is 74.0 Å². The molecule has 2 aromatic rings. The lowest BCUT2D eigenvalue weighted by molar-refractivity contribution is -0.137. The summed E-state index contributed by atoms with van der Waals surface area (Å²) in [6.45, 7) is 5.12. The molecule has 8 nitrogen and oxygen atoms in total. The topological polar surface area (TPSA) is 94.9 Å². The third-order valence-corrected chi connectivity index (χ3v) is 7.90. The van der Waals surface area contributed by atoms with E-state index in [1.807, 2.05) is 24.5 Å². The quantitative estimate of drug-likeness (QED) is 0.435. The van der Waals surface area contributed by atoms with Crippen molar-refractivity contribution in [2.45, 2.75) is 18.7 Å². The van der Waals surface area contributed by atoms with E-state index in [9.17, 15) is 18.0 Å². The highest BCUT2D eigenvalue weighted by atomic mass is 32.2. The SMILES string of the molecule is COC(=O)CSCC(=O)c1cc(C)n(-c2cccc(S(=O)(=O)N3CCOCC3)c2)c1C. The van der Waals surface area contributed by atoms with Gasteiger partial charge in [-0.15, -0.1) is 11.8 Å². The molecule has 10 heteroatoms. The number of hydrogen-bond donors (Lipinski definition) is 0. The molecule has 31 heavy (non-hydrogen) atoms. The number of thioether (sulfide) groups is 1. The van der Waals surface area contributed by atoms with Crippen LogP contribution in [0.15, 0.2) is 35.2 Å². The Morgan fingerprint density at radius 1 is 1.13 bits per heavy atom. The van der Waals surface area contributed by atoms with Gasteiger partial charge >= 0.3 is 5.97 Å². The van der Waals surface area contributed by atoms with E-state index >= 15 is 0 Å². The van der Waals surface area contributed by atoms with Gasteiger partial charge in [0.2, 0.25) is 10.0 Å². The number of Topliss-reactive ketones (excluding diaryl/α,β-unsaturated/α-hetero) is 1. The molecule has 1 aliphatic heterocycles. The smallest absolute Gasteiger partial charge is 0.315 e. The van der Waals surface area contributed by atoms with Crippen LogP contribution in [0.5, 0.6) is 0 Å². The van der Waals surface area contributed by atoms with Gasteiger partial charge in [0.1, 0.15) is 0 Å². The van der Waals surface area contributed by atoms with Gasteiger partial charge in [0.25, 0.3) is 0 Å². The van der Waals surface area contributed by atoms with Gasteiger partial charge in [-0.1, -0.05) is 6.07 Å². The number of aryl methyl sites for hydroxylation is 1. The standard InChI is InChI=1S/C21H26N2O6S2/c1-15-11-19(20(24)13-30-14-21(25)28-3)16(2)23(15)17-5-4-6-18(12-17)31(26,27)22-7-9-29-10-8-22/h4-6,11-12H,7-10,13-14H2,1-3H3. The van der Waals surface area contributed by atoms with Crippen molar-refractivity contribution in [1.29, 1.82) is 0 Å². The van der Waals surface area contributed by atoms with Gasteiger partial charge in [-0.2, -0.15) is 4.31 Å². The van der Waals surface area contributed by atoms with Crippen LogP contribution in [0.4, 0.5) is 0 Å².